The van der Waals surface area contributed by atoms with Gasteiger partial charge in [0.15, 0.2) is 5.82 Å². The van der Waals surface area contributed by atoms with Crippen LogP contribution in [0.1, 0.15) is 50.4 Å². The number of hydrogen-bond donors (Lipinski definition) is 1. The van der Waals surface area contributed by atoms with Gasteiger partial charge in [-0.05, 0) is 19.3 Å². The molecule has 2 aliphatic heterocycles. The van der Waals surface area contributed by atoms with Crippen LogP contribution in [0, 0.1) is 0 Å². The fourth-order valence-electron chi connectivity index (χ4n) is 2.96. The van der Waals surface area contributed by atoms with Crippen LogP contribution in [0.25, 0.3) is 0 Å². The van der Waals surface area contributed by atoms with Gasteiger partial charge in [-0.25, -0.2) is 4.98 Å². The van der Waals surface area contributed by atoms with E-state index >= 15 is 0 Å². The number of nitrogens with one attached hydrogen (secondary N) is 1. The highest BCUT2D eigenvalue weighted by atomic mass is 16.5. The number of aromatic amines is 1. The van der Waals surface area contributed by atoms with Crippen molar-refractivity contribution in [3.8, 4) is 0 Å². The first-order chi connectivity index (χ1) is 10.8. The van der Waals surface area contributed by atoms with Crippen LogP contribution < -0.4 is 0 Å². The first kappa shape index (κ1) is 15.4. The second-order valence-corrected chi connectivity index (χ2v) is 5.87. The molecule has 7 heteroatoms. The molecule has 1 aromatic heterocycles. The Balaban J connectivity index is 1.51. The molecule has 2 fully saturated rings. The molecule has 0 aliphatic carbocycles. The summed E-state index contributed by atoms with van der Waals surface area (Å²) < 4.78 is 11.3. The lowest BCUT2D eigenvalue weighted by Gasteiger charge is -2.32. The average molecular weight is 308 g/mol. The highest BCUT2D eigenvalue weighted by Crippen LogP contribution is 2.21. The van der Waals surface area contributed by atoms with Gasteiger partial charge in [0.05, 0.1) is 19.3 Å². The van der Waals surface area contributed by atoms with Crippen LogP contribution in [0.3, 0.4) is 0 Å². The highest BCUT2D eigenvalue weighted by molar-refractivity contribution is 5.76. The van der Waals surface area contributed by atoms with Gasteiger partial charge < -0.3 is 14.4 Å². The summed E-state index contributed by atoms with van der Waals surface area (Å²) >= 11 is 0. The minimum atomic E-state index is -0.225. The number of rotatable bonds is 5. The van der Waals surface area contributed by atoms with Gasteiger partial charge in [0.2, 0.25) is 5.91 Å². The summed E-state index contributed by atoms with van der Waals surface area (Å²) in [6, 6.07) is 0. The zero-order chi connectivity index (χ0) is 15.4. The van der Waals surface area contributed by atoms with E-state index in [-0.39, 0.29) is 18.1 Å². The van der Waals surface area contributed by atoms with Gasteiger partial charge in [-0.1, -0.05) is 6.92 Å². The normalized spacial score (nSPS) is 25.6. The van der Waals surface area contributed by atoms with Crippen molar-refractivity contribution >= 4 is 5.91 Å². The summed E-state index contributed by atoms with van der Waals surface area (Å²) in [6.45, 7) is 4.57. The van der Waals surface area contributed by atoms with Crippen LogP contribution in [-0.2, 0) is 20.7 Å². The van der Waals surface area contributed by atoms with Crippen molar-refractivity contribution in [2.75, 3.05) is 26.3 Å². The highest BCUT2D eigenvalue weighted by Gasteiger charge is 2.28. The maximum Gasteiger partial charge on any atom is 0.222 e. The zero-order valence-electron chi connectivity index (χ0n) is 13.1. The number of morpholine rings is 1. The third kappa shape index (κ3) is 3.64. The van der Waals surface area contributed by atoms with Crippen LogP contribution in [0.4, 0.5) is 0 Å². The van der Waals surface area contributed by atoms with Gasteiger partial charge in [0, 0.05) is 26.0 Å². The van der Waals surface area contributed by atoms with Crippen molar-refractivity contribution < 1.29 is 14.3 Å². The van der Waals surface area contributed by atoms with Gasteiger partial charge in [0.25, 0.3) is 0 Å². The number of carbonyl (C=O) groups is 1. The average Bonchev–Trinajstić information content (AvgIpc) is 3.24. The Bertz CT molecular complexity index is 499. The van der Waals surface area contributed by atoms with Crippen LogP contribution in [0.2, 0.25) is 0 Å². The summed E-state index contributed by atoms with van der Waals surface area (Å²) in [4.78, 5) is 18.6. The smallest absolute Gasteiger partial charge is 0.222 e. The Morgan fingerprint density at radius 2 is 2.32 bits per heavy atom. The Kier molecular flexibility index (Phi) is 5.04. The number of aromatic nitrogens is 3. The lowest BCUT2D eigenvalue weighted by molar-refractivity contribution is -0.139. The van der Waals surface area contributed by atoms with Crippen molar-refractivity contribution in [1.82, 2.24) is 20.1 Å². The Hall–Kier alpha value is -1.47. The Labute approximate surface area is 130 Å². The summed E-state index contributed by atoms with van der Waals surface area (Å²) in [5.41, 5.74) is 0. The molecule has 1 amide bonds. The summed E-state index contributed by atoms with van der Waals surface area (Å²) in [7, 11) is 0. The third-order valence-corrected chi connectivity index (χ3v) is 4.30. The molecule has 2 atom stereocenters. The molecule has 1 aromatic rings. The maximum atomic E-state index is 12.4. The Morgan fingerprint density at radius 1 is 1.41 bits per heavy atom. The van der Waals surface area contributed by atoms with Crippen molar-refractivity contribution in [2.24, 2.45) is 0 Å². The van der Waals surface area contributed by atoms with E-state index in [0.717, 1.165) is 38.1 Å². The van der Waals surface area contributed by atoms with E-state index in [2.05, 4.69) is 15.2 Å². The zero-order valence-corrected chi connectivity index (χ0v) is 13.1. The van der Waals surface area contributed by atoms with Gasteiger partial charge >= 0.3 is 0 Å². The van der Waals surface area contributed by atoms with Crippen molar-refractivity contribution in [1.29, 1.82) is 0 Å². The van der Waals surface area contributed by atoms with Gasteiger partial charge in [0.1, 0.15) is 11.9 Å². The van der Waals surface area contributed by atoms with E-state index in [1.807, 2.05) is 11.8 Å². The summed E-state index contributed by atoms with van der Waals surface area (Å²) in [5, 5.41) is 7.09. The predicted octanol–water partition coefficient (Wildman–Crippen LogP) is 1.23. The molecule has 0 saturated carbocycles. The largest absolute Gasteiger partial charge is 0.378 e. The number of nitrogens with zero attached hydrogens (tertiary/aromatic N) is 3. The van der Waals surface area contributed by atoms with E-state index in [4.69, 9.17) is 9.47 Å². The van der Waals surface area contributed by atoms with E-state index < -0.39 is 0 Å². The third-order valence-electron chi connectivity index (χ3n) is 4.30. The molecule has 2 saturated heterocycles. The number of H-pyrrole nitrogens is 1. The molecule has 0 spiro atoms. The van der Waals surface area contributed by atoms with Gasteiger partial charge in [-0.15, -0.1) is 0 Å². The van der Waals surface area contributed by atoms with Gasteiger partial charge in [-0.3, -0.25) is 9.89 Å². The molecule has 3 heterocycles. The van der Waals surface area contributed by atoms with Crippen LogP contribution in [0.5, 0.6) is 0 Å². The SMILES string of the molecule is CCc1nc(C2CN(C(=O)CCC3CCCO3)CCO2)n[nH]1. The molecule has 1 N–H and O–H groups in total. The second kappa shape index (κ2) is 7.19. The molecule has 122 valence electrons. The fraction of sp³-hybridized carbons (Fsp3) is 0.800. The molecule has 7 nitrogen and oxygen atoms in total. The number of aryl methyl sites for hydroxylation is 1. The lowest BCUT2D eigenvalue weighted by atomic mass is 10.1. The minimum Gasteiger partial charge on any atom is -0.378 e. The summed E-state index contributed by atoms with van der Waals surface area (Å²) in [6.07, 6.45) is 4.41. The number of hydrogen-bond acceptors (Lipinski definition) is 5. The van der Waals surface area contributed by atoms with Crippen LogP contribution in [-0.4, -0.2) is 58.4 Å². The van der Waals surface area contributed by atoms with E-state index in [1.54, 1.807) is 0 Å². The fourth-order valence-corrected chi connectivity index (χ4v) is 2.96. The second-order valence-electron chi connectivity index (χ2n) is 5.87. The van der Waals surface area contributed by atoms with Crippen molar-refractivity contribution in [2.45, 2.75) is 51.2 Å². The molecule has 0 radical (unpaired) electrons. The summed E-state index contributed by atoms with van der Waals surface area (Å²) in [5.74, 6) is 1.67. The molecule has 2 unspecified atom stereocenters. The standard InChI is InChI=1S/C15H24N4O3/c1-2-13-16-15(18-17-13)12-10-19(7-9-22-12)14(20)6-5-11-4-3-8-21-11/h11-12H,2-10H2,1H3,(H,16,17,18). The van der Waals surface area contributed by atoms with Gasteiger partial charge in [-0.2, -0.15) is 5.10 Å². The topological polar surface area (TPSA) is 80.3 Å². The molecule has 2 aliphatic rings. The molecule has 22 heavy (non-hydrogen) atoms. The predicted molar refractivity (Wildman–Crippen MR) is 79.2 cm³/mol. The maximum absolute atomic E-state index is 12.4. The van der Waals surface area contributed by atoms with E-state index in [0.29, 0.717) is 31.9 Å². The molecular formula is C15H24N4O3. The molecular weight excluding hydrogens is 284 g/mol. The van der Waals surface area contributed by atoms with Crippen LogP contribution in [0.15, 0.2) is 0 Å². The van der Waals surface area contributed by atoms with Crippen molar-refractivity contribution in [3.63, 3.8) is 0 Å². The molecule has 3 rings (SSSR count). The van der Waals surface area contributed by atoms with E-state index in [1.165, 1.54) is 0 Å². The van der Waals surface area contributed by atoms with E-state index in [9.17, 15) is 4.79 Å². The van der Waals surface area contributed by atoms with Crippen LogP contribution >= 0.6 is 0 Å². The number of carbonyl (C=O) groups excluding carboxylic acids is 1. The number of amides is 1. The van der Waals surface area contributed by atoms with Crippen molar-refractivity contribution in [3.05, 3.63) is 11.6 Å². The quantitative estimate of drug-likeness (QED) is 0.885. The lowest BCUT2D eigenvalue weighted by Crippen LogP contribution is -2.42. The molecule has 0 aromatic carbocycles. The first-order valence-electron chi connectivity index (χ1n) is 8.18. The number of ether oxygens (including phenoxy) is 2. The minimum absolute atomic E-state index is 0.176. The first-order valence-corrected chi connectivity index (χ1v) is 8.18. The Morgan fingerprint density at radius 3 is 3.05 bits per heavy atom. The molecule has 0 bridgehead atoms. The monoisotopic (exact) mass is 308 g/mol.